The molecule has 0 bridgehead atoms. The van der Waals surface area contributed by atoms with E-state index in [0.717, 1.165) is 10.2 Å². The third-order valence-electron chi connectivity index (χ3n) is 8.13. The Kier molecular flexibility index (Phi) is 10.5. The molecule has 1 aromatic heterocycles. The van der Waals surface area contributed by atoms with E-state index in [2.05, 4.69) is 15.6 Å². The molecular formula is C41H33N5O7. The summed E-state index contributed by atoms with van der Waals surface area (Å²) >= 11 is 0. The minimum Gasteiger partial charge on any atom is -0.506 e. The van der Waals surface area contributed by atoms with Gasteiger partial charge >= 0.3 is 18.0 Å². The van der Waals surface area contributed by atoms with Gasteiger partial charge in [0.05, 0.1) is 22.3 Å². The minimum absolute atomic E-state index is 0.0663. The molecule has 1 heterocycles. The summed E-state index contributed by atoms with van der Waals surface area (Å²) < 4.78 is 11.8. The van der Waals surface area contributed by atoms with Crippen LogP contribution in [0.5, 0.6) is 17.2 Å². The topological polar surface area (TPSA) is 153 Å². The molecule has 6 aromatic carbocycles. The summed E-state index contributed by atoms with van der Waals surface area (Å²) in [4.78, 5) is 52.0. The van der Waals surface area contributed by atoms with Gasteiger partial charge in [-0.1, -0.05) is 90.1 Å². The van der Waals surface area contributed by atoms with Crippen LogP contribution in [-0.2, 0) is 4.79 Å². The maximum atomic E-state index is 13.6. The molecule has 0 saturated carbocycles. The van der Waals surface area contributed by atoms with E-state index in [1.165, 1.54) is 31.0 Å². The fraction of sp³-hybridized carbons (Fsp3) is 0.0732. The second-order valence-electron chi connectivity index (χ2n) is 11.7. The molecule has 12 heteroatoms. The van der Waals surface area contributed by atoms with Crippen molar-refractivity contribution in [2.75, 3.05) is 17.3 Å². The number of aromatic nitrogens is 3. The number of phenols is 1. The fourth-order valence-electron chi connectivity index (χ4n) is 5.49. The van der Waals surface area contributed by atoms with Gasteiger partial charge in [0.2, 0.25) is 0 Å². The van der Waals surface area contributed by atoms with Crippen LogP contribution in [0.25, 0.3) is 21.8 Å². The van der Waals surface area contributed by atoms with E-state index in [4.69, 9.17) is 9.47 Å². The molecular weight excluding hydrogens is 674 g/mol. The molecule has 0 spiro atoms. The number of phenolic OH excluding ortho intramolecular Hbond substituents is 1. The molecule has 0 saturated heterocycles. The third-order valence-corrected chi connectivity index (χ3v) is 8.13. The van der Waals surface area contributed by atoms with Crippen molar-refractivity contribution in [1.29, 1.82) is 0 Å². The molecule has 0 fully saturated rings. The number of hydrogen-bond acceptors (Lipinski definition) is 9. The molecule has 0 aliphatic carbocycles. The van der Waals surface area contributed by atoms with Crippen LogP contribution in [0.1, 0.15) is 33.2 Å². The molecule has 53 heavy (non-hydrogen) atoms. The molecule has 0 aliphatic heterocycles. The van der Waals surface area contributed by atoms with Crippen LogP contribution in [-0.4, -0.2) is 51.0 Å². The first kappa shape index (κ1) is 35.5. The van der Waals surface area contributed by atoms with E-state index in [1.54, 1.807) is 91.0 Å². The number of carbonyl (C=O) groups excluding carboxylic acids is 4. The summed E-state index contributed by atoms with van der Waals surface area (Å²) in [5.41, 5.74) is 2.81. The first-order valence-electron chi connectivity index (χ1n) is 16.4. The van der Waals surface area contributed by atoms with Gasteiger partial charge in [-0.3, -0.25) is 14.5 Å². The highest BCUT2D eigenvalue weighted by molar-refractivity contribution is 6.12. The summed E-state index contributed by atoms with van der Waals surface area (Å²) in [5, 5.41) is 22.6. The maximum Gasteiger partial charge on any atom is 0.350 e. The predicted octanol–water partition coefficient (Wildman–Crippen LogP) is 7.79. The standard InChI is InChI=1S/C33H25N5O5.C8H8O2/c1-20-11-3-7-15-25(20)34-31(40)24-19-29(21-12-4-5-13-22(21)30(24)39)43-32(41)23-14-6-9-17-27(23)37(2)33(42)38-28-18-10-8-16-26(28)35-36-38;1-7(9)10-8-5-3-2-4-6-8/h3-19,39H,1-2H3,(H,34,40);2-6H,1H3. The average molecular weight is 708 g/mol. The van der Waals surface area contributed by atoms with Crippen molar-refractivity contribution in [3.8, 4) is 17.2 Å². The number of ether oxygens (including phenoxy) is 2. The van der Waals surface area contributed by atoms with Crippen LogP contribution < -0.4 is 19.7 Å². The fourth-order valence-corrected chi connectivity index (χ4v) is 5.49. The first-order valence-corrected chi connectivity index (χ1v) is 16.4. The van der Waals surface area contributed by atoms with Crippen molar-refractivity contribution >= 4 is 57.1 Å². The highest BCUT2D eigenvalue weighted by Crippen LogP contribution is 2.37. The van der Waals surface area contributed by atoms with Gasteiger partial charge in [-0.05, 0) is 61.0 Å². The molecule has 12 nitrogen and oxygen atoms in total. The molecule has 2 N–H and O–H groups in total. The predicted molar refractivity (Wildman–Crippen MR) is 201 cm³/mol. The van der Waals surface area contributed by atoms with Crippen molar-refractivity contribution in [3.05, 3.63) is 150 Å². The molecule has 0 radical (unpaired) electrons. The van der Waals surface area contributed by atoms with Crippen molar-refractivity contribution in [2.45, 2.75) is 13.8 Å². The van der Waals surface area contributed by atoms with Gasteiger partial charge in [-0.15, -0.1) is 5.10 Å². The van der Waals surface area contributed by atoms with Crippen LogP contribution in [0, 0.1) is 6.92 Å². The number of hydrogen-bond donors (Lipinski definition) is 2. The van der Waals surface area contributed by atoms with Gasteiger partial charge in [0.25, 0.3) is 5.91 Å². The number of amides is 2. The van der Waals surface area contributed by atoms with Crippen molar-refractivity contribution < 1.29 is 33.8 Å². The van der Waals surface area contributed by atoms with Crippen LogP contribution in [0.15, 0.2) is 133 Å². The second-order valence-corrected chi connectivity index (χ2v) is 11.7. The van der Waals surface area contributed by atoms with Crippen LogP contribution >= 0.6 is 0 Å². The van der Waals surface area contributed by atoms with Crippen LogP contribution in [0.4, 0.5) is 16.2 Å². The van der Waals surface area contributed by atoms with Gasteiger partial charge in [-0.2, -0.15) is 4.68 Å². The van der Waals surface area contributed by atoms with Gasteiger partial charge in [0.1, 0.15) is 22.8 Å². The molecule has 0 aliphatic rings. The van der Waals surface area contributed by atoms with Crippen LogP contribution in [0.2, 0.25) is 0 Å². The number of nitrogens with zero attached hydrogens (tertiary/aromatic N) is 4. The summed E-state index contributed by atoms with van der Waals surface area (Å²) in [6.45, 7) is 3.24. The average Bonchev–Trinajstić information content (AvgIpc) is 3.61. The number of esters is 2. The van der Waals surface area contributed by atoms with Gasteiger partial charge < -0.3 is 19.9 Å². The van der Waals surface area contributed by atoms with E-state index in [1.807, 2.05) is 37.3 Å². The lowest BCUT2D eigenvalue weighted by Crippen LogP contribution is -2.33. The van der Waals surface area contributed by atoms with E-state index < -0.39 is 17.9 Å². The lowest BCUT2D eigenvalue weighted by molar-refractivity contribution is -0.131. The van der Waals surface area contributed by atoms with Crippen molar-refractivity contribution in [3.63, 3.8) is 0 Å². The highest BCUT2D eigenvalue weighted by atomic mass is 16.5. The minimum atomic E-state index is -0.764. The summed E-state index contributed by atoms with van der Waals surface area (Å²) in [6.07, 6.45) is 0. The monoisotopic (exact) mass is 707 g/mol. The number of aromatic hydroxyl groups is 1. The SMILES string of the molecule is CC(=O)Oc1ccccc1.Cc1ccccc1NC(=O)c1cc(OC(=O)c2ccccc2N(C)C(=O)n2nnc3ccccc32)c2ccccc2c1O. The zero-order valence-electron chi connectivity index (χ0n) is 28.9. The Labute approximate surface area is 303 Å². The van der Waals surface area contributed by atoms with Crippen molar-refractivity contribution in [1.82, 2.24) is 15.0 Å². The number of aryl methyl sites for hydroxylation is 1. The summed E-state index contributed by atoms with van der Waals surface area (Å²) in [7, 11) is 1.52. The first-order chi connectivity index (χ1) is 25.6. The van der Waals surface area contributed by atoms with Gasteiger partial charge in [-0.25, -0.2) is 9.59 Å². The molecule has 0 unspecified atom stereocenters. The lowest BCUT2D eigenvalue weighted by atomic mass is 10.0. The van der Waals surface area contributed by atoms with E-state index in [-0.39, 0.29) is 34.3 Å². The Morgan fingerprint density at radius 2 is 1.38 bits per heavy atom. The second kappa shape index (κ2) is 15.7. The lowest BCUT2D eigenvalue weighted by Gasteiger charge is -2.20. The number of rotatable bonds is 6. The van der Waals surface area contributed by atoms with E-state index in [0.29, 0.717) is 33.2 Å². The largest absolute Gasteiger partial charge is 0.506 e. The van der Waals surface area contributed by atoms with Crippen molar-refractivity contribution in [2.24, 2.45) is 0 Å². The molecule has 7 rings (SSSR count). The van der Waals surface area contributed by atoms with Gasteiger partial charge in [0.15, 0.2) is 0 Å². The Morgan fingerprint density at radius 3 is 2.13 bits per heavy atom. The molecule has 2 amide bonds. The Hall–Kier alpha value is -7.34. The Balaban J connectivity index is 0.000000417. The van der Waals surface area contributed by atoms with Crippen LogP contribution in [0.3, 0.4) is 0 Å². The smallest absolute Gasteiger partial charge is 0.350 e. The maximum absolute atomic E-state index is 13.6. The Morgan fingerprint density at radius 1 is 0.736 bits per heavy atom. The van der Waals surface area contributed by atoms with E-state index >= 15 is 0 Å². The zero-order chi connectivity index (χ0) is 37.5. The molecule has 7 aromatic rings. The molecule has 264 valence electrons. The quantitative estimate of drug-likeness (QED) is 0.130. The summed E-state index contributed by atoms with van der Waals surface area (Å²) in [6, 6.07) is 37.3. The number of fused-ring (bicyclic) bond motifs is 2. The summed E-state index contributed by atoms with van der Waals surface area (Å²) in [5.74, 6) is -1.20. The number of benzene rings is 6. The number of carbonyl (C=O) groups is 4. The highest BCUT2D eigenvalue weighted by Gasteiger charge is 2.25. The molecule has 0 atom stereocenters. The number of para-hydroxylation sites is 4. The van der Waals surface area contributed by atoms with E-state index in [9.17, 15) is 24.3 Å². The Bertz CT molecular complexity index is 2480. The normalized spacial score (nSPS) is 10.5. The number of anilines is 2. The number of nitrogens with one attached hydrogen (secondary N) is 1. The third kappa shape index (κ3) is 7.86. The van der Waals surface area contributed by atoms with Gasteiger partial charge in [0, 0.05) is 30.4 Å². The zero-order valence-corrected chi connectivity index (χ0v) is 28.9.